The van der Waals surface area contributed by atoms with E-state index in [0.29, 0.717) is 6.17 Å². The Bertz CT molecular complexity index is 248. The van der Waals surface area contributed by atoms with Crippen molar-refractivity contribution in [3.05, 3.63) is 30.1 Å². The molecule has 1 aromatic heterocycles. The minimum absolute atomic E-state index is 0.444. The first-order valence-electron chi connectivity index (χ1n) is 5.25. The molecule has 0 N–H and O–H groups in total. The van der Waals surface area contributed by atoms with Gasteiger partial charge in [0.15, 0.2) is 0 Å². The average Bonchev–Trinajstić information content (AvgIpc) is 2.15. The predicted molar refractivity (Wildman–Crippen MR) is 52.1 cm³/mol. The van der Waals surface area contributed by atoms with Gasteiger partial charge in [0, 0.05) is 12.4 Å². The molecule has 0 atom stereocenters. The van der Waals surface area contributed by atoms with E-state index in [1.807, 2.05) is 12.1 Å². The van der Waals surface area contributed by atoms with Crippen molar-refractivity contribution in [1.29, 1.82) is 0 Å². The molecule has 0 bridgehead atoms. The van der Waals surface area contributed by atoms with Crippen molar-refractivity contribution >= 4 is 0 Å². The largest absolute Gasteiger partial charge is 0.264 e. The monoisotopic (exact) mass is 164 g/mol. The summed E-state index contributed by atoms with van der Waals surface area (Å²) in [5, 5.41) is 0. The third-order valence-corrected chi connectivity index (χ3v) is 1.97. The van der Waals surface area contributed by atoms with E-state index in [4.69, 9.17) is 1.37 Å². The number of aromatic nitrogens is 1. The molecular formula is C11H17N. The first kappa shape index (κ1) is 7.78. The summed E-state index contributed by atoms with van der Waals surface area (Å²) in [7, 11) is 0. The summed E-state index contributed by atoms with van der Waals surface area (Å²) in [6.07, 6.45) is 8.15. The van der Waals surface area contributed by atoms with E-state index in [1.165, 1.54) is 25.7 Å². The Kier molecular flexibility index (Phi) is 3.73. The molecule has 66 valence electrons. The maximum Gasteiger partial charge on any atom is 0.0843 e. The standard InChI is InChI=1S/C11H17N/c1-2-3-4-5-7-11-8-6-9-12-10-11/h6,8-10H,2-5,7H2,1H3/i10D. The zero-order valence-electron chi connectivity index (χ0n) is 8.71. The van der Waals surface area contributed by atoms with Gasteiger partial charge in [0.1, 0.15) is 0 Å². The minimum atomic E-state index is 0.444. The van der Waals surface area contributed by atoms with Gasteiger partial charge in [-0.25, -0.2) is 0 Å². The second-order valence-electron chi connectivity index (χ2n) is 3.08. The first-order valence-corrected chi connectivity index (χ1v) is 4.75. The highest BCUT2D eigenvalue weighted by molar-refractivity contribution is 5.08. The second-order valence-corrected chi connectivity index (χ2v) is 3.08. The highest BCUT2D eigenvalue weighted by Gasteiger charge is 1.91. The van der Waals surface area contributed by atoms with E-state index in [2.05, 4.69) is 11.9 Å². The lowest BCUT2D eigenvalue weighted by molar-refractivity contribution is 0.666. The number of pyridine rings is 1. The smallest absolute Gasteiger partial charge is 0.0843 e. The molecule has 12 heavy (non-hydrogen) atoms. The van der Waals surface area contributed by atoms with Crippen LogP contribution >= 0.6 is 0 Å². The predicted octanol–water partition coefficient (Wildman–Crippen LogP) is 3.20. The van der Waals surface area contributed by atoms with Crippen molar-refractivity contribution in [2.24, 2.45) is 0 Å². The maximum absolute atomic E-state index is 7.54. The molecule has 1 heterocycles. The van der Waals surface area contributed by atoms with Crippen LogP contribution in [0.1, 0.15) is 39.5 Å². The minimum Gasteiger partial charge on any atom is -0.264 e. The molecule has 0 radical (unpaired) electrons. The summed E-state index contributed by atoms with van der Waals surface area (Å²) in [6.45, 7) is 2.21. The fourth-order valence-corrected chi connectivity index (χ4v) is 1.24. The Balaban J connectivity index is 2.32. The molecule has 0 spiro atoms. The molecule has 1 aromatic rings. The van der Waals surface area contributed by atoms with Gasteiger partial charge in [-0.2, -0.15) is 0 Å². The van der Waals surface area contributed by atoms with Gasteiger partial charge in [0.2, 0.25) is 0 Å². The molecule has 0 saturated carbocycles. The Morgan fingerprint density at radius 2 is 2.33 bits per heavy atom. The Hall–Kier alpha value is -0.850. The van der Waals surface area contributed by atoms with Gasteiger partial charge in [0.05, 0.1) is 1.37 Å². The maximum atomic E-state index is 7.54. The Morgan fingerprint density at radius 1 is 1.42 bits per heavy atom. The molecule has 1 nitrogen and oxygen atoms in total. The molecule has 0 aliphatic carbocycles. The summed E-state index contributed by atoms with van der Waals surface area (Å²) >= 11 is 0. The lowest BCUT2D eigenvalue weighted by atomic mass is 10.1. The van der Waals surface area contributed by atoms with Crippen molar-refractivity contribution < 1.29 is 1.37 Å². The molecule has 1 heteroatoms. The molecule has 0 aromatic carbocycles. The third-order valence-electron chi connectivity index (χ3n) is 1.97. The zero-order chi connectivity index (χ0) is 9.52. The molecule has 1 rings (SSSR count). The van der Waals surface area contributed by atoms with Crippen LogP contribution in [0.15, 0.2) is 24.5 Å². The van der Waals surface area contributed by atoms with Crippen LogP contribution < -0.4 is 0 Å². The van der Waals surface area contributed by atoms with Gasteiger partial charge >= 0.3 is 0 Å². The van der Waals surface area contributed by atoms with Crippen molar-refractivity contribution in [2.75, 3.05) is 0 Å². The van der Waals surface area contributed by atoms with E-state index < -0.39 is 0 Å². The number of aryl methyl sites for hydroxylation is 1. The SMILES string of the molecule is [2H]c1ncccc1CCCCCC. The van der Waals surface area contributed by atoms with Crippen LogP contribution in [0.25, 0.3) is 0 Å². The van der Waals surface area contributed by atoms with Crippen LogP contribution in [0.3, 0.4) is 0 Å². The van der Waals surface area contributed by atoms with Crippen molar-refractivity contribution in [3.63, 3.8) is 0 Å². The van der Waals surface area contributed by atoms with Crippen LogP contribution in [0.5, 0.6) is 0 Å². The summed E-state index contributed by atoms with van der Waals surface area (Å²) < 4.78 is 7.54. The van der Waals surface area contributed by atoms with E-state index in [0.717, 1.165) is 12.0 Å². The van der Waals surface area contributed by atoms with Crippen LogP contribution in [0.2, 0.25) is 0 Å². The summed E-state index contributed by atoms with van der Waals surface area (Å²) in [5.41, 5.74) is 1.08. The number of rotatable bonds is 5. The van der Waals surface area contributed by atoms with Gasteiger partial charge in [-0.15, -0.1) is 0 Å². The first-order chi connectivity index (χ1) is 6.34. The van der Waals surface area contributed by atoms with Crippen LogP contribution in [-0.4, -0.2) is 4.98 Å². The summed E-state index contributed by atoms with van der Waals surface area (Å²) in [4.78, 5) is 3.94. The quantitative estimate of drug-likeness (QED) is 0.609. The zero-order valence-corrected chi connectivity index (χ0v) is 7.71. The average molecular weight is 164 g/mol. The number of hydrogen-bond donors (Lipinski definition) is 0. The molecular weight excluding hydrogens is 146 g/mol. The van der Waals surface area contributed by atoms with Crippen LogP contribution in [-0.2, 0) is 6.42 Å². The normalized spacial score (nSPS) is 11.2. The van der Waals surface area contributed by atoms with Gasteiger partial charge < -0.3 is 0 Å². The van der Waals surface area contributed by atoms with Gasteiger partial charge in [0.25, 0.3) is 0 Å². The lowest BCUT2D eigenvalue weighted by Crippen LogP contribution is -1.85. The van der Waals surface area contributed by atoms with E-state index in [1.54, 1.807) is 6.20 Å². The fourth-order valence-electron chi connectivity index (χ4n) is 1.24. The van der Waals surface area contributed by atoms with E-state index in [9.17, 15) is 0 Å². The van der Waals surface area contributed by atoms with Gasteiger partial charge in [-0.1, -0.05) is 32.3 Å². The second kappa shape index (κ2) is 5.76. The van der Waals surface area contributed by atoms with Crippen LogP contribution in [0.4, 0.5) is 0 Å². The number of unbranched alkanes of at least 4 members (excludes halogenated alkanes) is 3. The van der Waals surface area contributed by atoms with E-state index >= 15 is 0 Å². The molecule has 0 aliphatic heterocycles. The number of nitrogens with zero attached hydrogens (tertiary/aromatic N) is 1. The summed E-state index contributed by atoms with van der Waals surface area (Å²) in [6, 6.07) is 3.91. The number of hydrogen-bond acceptors (Lipinski definition) is 1. The summed E-state index contributed by atoms with van der Waals surface area (Å²) in [5.74, 6) is 0. The van der Waals surface area contributed by atoms with Crippen molar-refractivity contribution in [2.45, 2.75) is 39.0 Å². The highest BCUT2D eigenvalue weighted by atomic mass is 14.6. The van der Waals surface area contributed by atoms with Crippen molar-refractivity contribution in [1.82, 2.24) is 4.98 Å². The topological polar surface area (TPSA) is 12.9 Å². The molecule has 0 fully saturated rings. The fraction of sp³-hybridized carbons (Fsp3) is 0.545. The van der Waals surface area contributed by atoms with Crippen molar-refractivity contribution in [3.8, 4) is 0 Å². The Labute approximate surface area is 76.2 Å². The van der Waals surface area contributed by atoms with Crippen LogP contribution in [0, 0.1) is 0 Å². The van der Waals surface area contributed by atoms with E-state index in [-0.39, 0.29) is 0 Å². The molecule has 0 saturated heterocycles. The lowest BCUT2D eigenvalue weighted by Gasteiger charge is -1.98. The third kappa shape index (κ3) is 3.51. The van der Waals surface area contributed by atoms with Gasteiger partial charge in [-0.05, 0) is 24.5 Å². The van der Waals surface area contributed by atoms with Gasteiger partial charge in [-0.3, -0.25) is 4.98 Å². The Morgan fingerprint density at radius 3 is 3.08 bits per heavy atom. The highest BCUT2D eigenvalue weighted by Crippen LogP contribution is 2.05. The molecule has 0 unspecified atom stereocenters. The molecule has 0 amide bonds. The molecule has 0 aliphatic rings.